The lowest BCUT2D eigenvalue weighted by Crippen LogP contribution is -2.41. The van der Waals surface area contributed by atoms with Crippen molar-refractivity contribution in [2.45, 2.75) is 33.1 Å². The minimum atomic E-state index is -0.0488. The molecule has 1 aromatic rings. The molecule has 0 saturated carbocycles. The lowest BCUT2D eigenvalue weighted by Gasteiger charge is -2.11. The van der Waals surface area contributed by atoms with E-state index in [1.807, 2.05) is 37.3 Å². The predicted molar refractivity (Wildman–Crippen MR) is 92.3 cm³/mol. The van der Waals surface area contributed by atoms with Crippen LogP contribution in [-0.4, -0.2) is 38.0 Å². The number of carbonyl (C=O) groups is 1. The molecule has 0 aliphatic carbocycles. The summed E-state index contributed by atoms with van der Waals surface area (Å²) in [6.45, 7) is 7.10. The molecule has 122 valence electrons. The molecule has 1 rings (SSSR count). The van der Waals surface area contributed by atoms with Crippen molar-refractivity contribution >= 4 is 11.9 Å². The highest BCUT2D eigenvalue weighted by Gasteiger charge is 2.03. The number of aliphatic imine (C=N–C) groups is 1. The average molecular weight is 304 g/mol. The Balaban J connectivity index is 2.26. The van der Waals surface area contributed by atoms with E-state index in [4.69, 9.17) is 0 Å². The van der Waals surface area contributed by atoms with Crippen LogP contribution in [-0.2, 0) is 0 Å². The van der Waals surface area contributed by atoms with Gasteiger partial charge in [-0.3, -0.25) is 9.79 Å². The van der Waals surface area contributed by atoms with Crippen molar-refractivity contribution in [1.29, 1.82) is 0 Å². The summed E-state index contributed by atoms with van der Waals surface area (Å²) in [6.07, 6.45) is 3.51. The van der Waals surface area contributed by atoms with Crippen molar-refractivity contribution in [3.8, 4) is 0 Å². The van der Waals surface area contributed by atoms with Gasteiger partial charge in [0.25, 0.3) is 5.91 Å². The third kappa shape index (κ3) is 7.67. The molecule has 0 spiro atoms. The molecular weight excluding hydrogens is 276 g/mol. The number of hydrogen-bond donors (Lipinski definition) is 3. The lowest BCUT2D eigenvalue weighted by molar-refractivity contribution is 0.0954. The van der Waals surface area contributed by atoms with Crippen molar-refractivity contribution in [3.05, 3.63) is 35.9 Å². The molecule has 0 heterocycles. The molecule has 0 unspecified atom stereocenters. The van der Waals surface area contributed by atoms with Crippen LogP contribution in [0.25, 0.3) is 0 Å². The first-order valence-electron chi connectivity index (χ1n) is 8.13. The Morgan fingerprint density at radius 2 is 1.73 bits per heavy atom. The first-order chi connectivity index (χ1) is 10.8. The van der Waals surface area contributed by atoms with Gasteiger partial charge >= 0.3 is 0 Å². The zero-order valence-electron chi connectivity index (χ0n) is 13.7. The third-order valence-electron chi connectivity index (χ3n) is 3.11. The molecule has 0 bridgehead atoms. The Morgan fingerprint density at radius 3 is 2.41 bits per heavy atom. The van der Waals surface area contributed by atoms with E-state index in [1.54, 1.807) is 0 Å². The summed E-state index contributed by atoms with van der Waals surface area (Å²) in [4.78, 5) is 16.4. The summed E-state index contributed by atoms with van der Waals surface area (Å²) in [5.41, 5.74) is 0.683. The fraction of sp³-hybridized carbons (Fsp3) is 0.529. The summed E-state index contributed by atoms with van der Waals surface area (Å²) in [7, 11) is 0. The van der Waals surface area contributed by atoms with Gasteiger partial charge in [0.2, 0.25) is 0 Å². The fourth-order valence-corrected chi connectivity index (χ4v) is 1.94. The van der Waals surface area contributed by atoms with Gasteiger partial charge in [0, 0.05) is 31.7 Å². The molecule has 0 saturated heterocycles. The SMILES string of the molecule is CCCCCN=C(NCC)NCCNC(=O)c1ccccc1. The number of rotatable bonds is 9. The van der Waals surface area contributed by atoms with E-state index in [-0.39, 0.29) is 5.91 Å². The highest BCUT2D eigenvalue weighted by molar-refractivity contribution is 5.94. The van der Waals surface area contributed by atoms with Gasteiger partial charge in [0.05, 0.1) is 0 Å². The van der Waals surface area contributed by atoms with Gasteiger partial charge in [-0.25, -0.2) is 0 Å². The van der Waals surface area contributed by atoms with Crippen LogP contribution in [0.4, 0.5) is 0 Å². The summed E-state index contributed by atoms with van der Waals surface area (Å²) in [5, 5.41) is 9.32. The number of guanidine groups is 1. The molecule has 0 aromatic heterocycles. The smallest absolute Gasteiger partial charge is 0.251 e. The van der Waals surface area contributed by atoms with E-state index >= 15 is 0 Å². The Bertz CT molecular complexity index is 445. The molecule has 0 atom stereocenters. The highest BCUT2D eigenvalue weighted by Crippen LogP contribution is 1.97. The first-order valence-corrected chi connectivity index (χ1v) is 8.13. The fourth-order valence-electron chi connectivity index (χ4n) is 1.94. The predicted octanol–water partition coefficient (Wildman–Crippen LogP) is 2.16. The molecule has 1 amide bonds. The van der Waals surface area contributed by atoms with Crippen LogP contribution in [0.2, 0.25) is 0 Å². The molecule has 0 fully saturated rings. The van der Waals surface area contributed by atoms with E-state index in [1.165, 1.54) is 12.8 Å². The van der Waals surface area contributed by atoms with E-state index in [0.29, 0.717) is 18.7 Å². The topological polar surface area (TPSA) is 65.5 Å². The Hall–Kier alpha value is -2.04. The summed E-state index contributed by atoms with van der Waals surface area (Å²) in [5.74, 6) is 0.764. The zero-order valence-corrected chi connectivity index (χ0v) is 13.7. The number of nitrogens with zero attached hydrogens (tertiary/aromatic N) is 1. The maximum absolute atomic E-state index is 11.9. The standard InChI is InChI=1S/C17H28N4O/c1-3-5-9-12-20-17(18-4-2)21-14-13-19-16(22)15-10-7-6-8-11-15/h6-8,10-11H,3-5,9,12-14H2,1-2H3,(H,19,22)(H2,18,20,21). The normalized spacial score (nSPS) is 11.1. The van der Waals surface area contributed by atoms with Crippen LogP contribution < -0.4 is 16.0 Å². The molecule has 3 N–H and O–H groups in total. The molecule has 5 heteroatoms. The van der Waals surface area contributed by atoms with Gasteiger partial charge in [-0.15, -0.1) is 0 Å². The number of benzene rings is 1. The van der Waals surface area contributed by atoms with Crippen LogP contribution in [0.5, 0.6) is 0 Å². The second-order valence-corrected chi connectivity index (χ2v) is 5.02. The molecule has 0 aliphatic heterocycles. The van der Waals surface area contributed by atoms with E-state index in [9.17, 15) is 4.79 Å². The van der Waals surface area contributed by atoms with Crippen molar-refractivity contribution < 1.29 is 4.79 Å². The minimum Gasteiger partial charge on any atom is -0.357 e. The zero-order chi connectivity index (χ0) is 16.0. The number of hydrogen-bond acceptors (Lipinski definition) is 2. The Morgan fingerprint density at radius 1 is 1.00 bits per heavy atom. The molecular formula is C17H28N4O. The summed E-state index contributed by atoms with van der Waals surface area (Å²) < 4.78 is 0. The number of amides is 1. The van der Waals surface area contributed by atoms with Gasteiger partial charge in [0.15, 0.2) is 5.96 Å². The maximum Gasteiger partial charge on any atom is 0.251 e. The first kappa shape index (κ1) is 18.0. The van der Waals surface area contributed by atoms with Crippen LogP contribution in [0.15, 0.2) is 35.3 Å². The van der Waals surface area contributed by atoms with Gasteiger partial charge in [-0.1, -0.05) is 38.0 Å². The Kier molecular flexibility index (Phi) is 9.50. The molecule has 1 aromatic carbocycles. The Labute approximate surface area is 133 Å². The van der Waals surface area contributed by atoms with Crippen molar-refractivity contribution in [3.63, 3.8) is 0 Å². The molecule has 0 radical (unpaired) electrons. The monoisotopic (exact) mass is 304 g/mol. The second kappa shape index (κ2) is 11.6. The highest BCUT2D eigenvalue weighted by atomic mass is 16.1. The van der Waals surface area contributed by atoms with Crippen molar-refractivity contribution in [2.75, 3.05) is 26.2 Å². The summed E-state index contributed by atoms with van der Waals surface area (Å²) in [6, 6.07) is 9.23. The average Bonchev–Trinajstić information content (AvgIpc) is 2.56. The minimum absolute atomic E-state index is 0.0488. The van der Waals surface area contributed by atoms with Crippen LogP contribution >= 0.6 is 0 Å². The number of carbonyl (C=O) groups excluding carboxylic acids is 1. The van der Waals surface area contributed by atoms with Gasteiger partial charge in [-0.05, 0) is 25.5 Å². The quantitative estimate of drug-likeness (QED) is 0.372. The van der Waals surface area contributed by atoms with Crippen LogP contribution in [0.1, 0.15) is 43.5 Å². The molecule has 22 heavy (non-hydrogen) atoms. The van der Waals surface area contributed by atoms with Gasteiger partial charge < -0.3 is 16.0 Å². The van der Waals surface area contributed by atoms with Gasteiger partial charge in [0.1, 0.15) is 0 Å². The van der Waals surface area contributed by atoms with Crippen molar-refractivity contribution in [2.24, 2.45) is 4.99 Å². The van der Waals surface area contributed by atoms with E-state index in [2.05, 4.69) is 27.9 Å². The maximum atomic E-state index is 11.9. The number of unbranched alkanes of at least 4 members (excludes halogenated alkanes) is 2. The lowest BCUT2D eigenvalue weighted by atomic mass is 10.2. The molecule has 5 nitrogen and oxygen atoms in total. The largest absolute Gasteiger partial charge is 0.357 e. The van der Waals surface area contributed by atoms with E-state index < -0.39 is 0 Å². The third-order valence-corrected chi connectivity index (χ3v) is 3.11. The van der Waals surface area contributed by atoms with E-state index in [0.717, 1.165) is 25.5 Å². The molecule has 0 aliphatic rings. The number of nitrogens with one attached hydrogen (secondary N) is 3. The van der Waals surface area contributed by atoms with Crippen LogP contribution in [0.3, 0.4) is 0 Å². The summed E-state index contributed by atoms with van der Waals surface area (Å²) >= 11 is 0. The van der Waals surface area contributed by atoms with Crippen molar-refractivity contribution in [1.82, 2.24) is 16.0 Å². The second-order valence-electron chi connectivity index (χ2n) is 5.02. The van der Waals surface area contributed by atoms with Gasteiger partial charge in [-0.2, -0.15) is 0 Å². The van der Waals surface area contributed by atoms with Crippen LogP contribution in [0, 0.1) is 0 Å².